The Hall–Kier alpha value is -2.34. The zero-order valence-electron chi connectivity index (χ0n) is 14.2. The molecule has 1 atom stereocenters. The maximum absolute atomic E-state index is 12.3. The van der Waals surface area contributed by atoms with Crippen LogP contribution in [0, 0.1) is 20.8 Å². The molecular formula is C18H21N3O2S. The summed E-state index contributed by atoms with van der Waals surface area (Å²) in [4.78, 5) is 0.175. The number of hydrogen-bond donors (Lipinski definition) is 2. The van der Waals surface area contributed by atoms with Gasteiger partial charge in [-0.3, -0.25) is 0 Å². The summed E-state index contributed by atoms with van der Waals surface area (Å²) < 4.78 is 28.2. The molecule has 0 spiro atoms. The molecule has 1 aliphatic rings. The Morgan fingerprint density at radius 2 is 1.79 bits per heavy atom. The van der Waals surface area contributed by atoms with Gasteiger partial charge >= 0.3 is 0 Å². The van der Waals surface area contributed by atoms with Gasteiger partial charge in [0.1, 0.15) is 4.90 Å². The first kappa shape index (κ1) is 16.5. The van der Waals surface area contributed by atoms with Crippen molar-refractivity contribution in [2.24, 2.45) is 10.1 Å². The van der Waals surface area contributed by atoms with Gasteiger partial charge in [0.15, 0.2) is 0 Å². The third kappa shape index (κ3) is 2.67. The molecular weight excluding hydrogens is 322 g/mol. The largest absolute Gasteiger partial charge is 0.369 e. The monoisotopic (exact) mass is 343 g/mol. The molecule has 126 valence electrons. The Balaban J connectivity index is 2.23. The van der Waals surface area contributed by atoms with E-state index in [1.807, 2.05) is 13.0 Å². The van der Waals surface area contributed by atoms with E-state index in [-0.39, 0.29) is 16.8 Å². The van der Waals surface area contributed by atoms with Crippen LogP contribution < -0.4 is 11.1 Å². The summed E-state index contributed by atoms with van der Waals surface area (Å²) in [5, 5.41) is 2.96. The number of anilines is 1. The first-order valence-electron chi connectivity index (χ1n) is 7.79. The molecule has 0 saturated carbocycles. The van der Waals surface area contributed by atoms with Crippen LogP contribution in [-0.2, 0) is 10.0 Å². The first-order chi connectivity index (χ1) is 11.2. The van der Waals surface area contributed by atoms with Gasteiger partial charge in [-0.1, -0.05) is 36.8 Å². The average molecular weight is 343 g/mol. The van der Waals surface area contributed by atoms with Gasteiger partial charge in [-0.15, -0.1) is 4.40 Å². The minimum atomic E-state index is -3.76. The van der Waals surface area contributed by atoms with E-state index in [1.165, 1.54) is 11.1 Å². The SMILES string of the molecule is Cc1ccc([C@@H](C)c2c(C)ccc3c2NC(N)=NS3(=O)=O)c(C)c1. The molecule has 3 rings (SSSR count). The van der Waals surface area contributed by atoms with Crippen molar-refractivity contribution in [3.8, 4) is 0 Å². The Labute approximate surface area is 142 Å². The highest BCUT2D eigenvalue weighted by atomic mass is 32.2. The molecule has 3 N–H and O–H groups in total. The number of aryl methyl sites for hydroxylation is 3. The number of hydrogen-bond acceptors (Lipinski definition) is 4. The fraction of sp³-hybridized carbons (Fsp3) is 0.278. The Morgan fingerprint density at radius 1 is 1.08 bits per heavy atom. The number of nitrogens with one attached hydrogen (secondary N) is 1. The predicted octanol–water partition coefficient (Wildman–Crippen LogP) is 3.19. The van der Waals surface area contributed by atoms with Crippen LogP contribution in [0.25, 0.3) is 0 Å². The van der Waals surface area contributed by atoms with Crippen molar-refractivity contribution in [2.45, 2.75) is 38.5 Å². The number of nitrogens with two attached hydrogens (primary N) is 1. The van der Waals surface area contributed by atoms with Crippen LogP contribution >= 0.6 is 0 Å². The molecule has 24 heavy (non-hydrogen) atoms. The van der Waals surface area contributed by atoms with Crippen LogP contribution in [0.2, 0.25) is 0 Å². The molecule has 0 bridgehead atoms. The number of nitrogens with zero attached hydrogens (tertiary/aromatic N) is 1. The molecule has 0 amide bonds. The lowest BCUT2D eigenvalue weighted by Gasteiger charge is -2.25. The third-order valence-corrected chi connectivity index (χ3v) is 5.83. The van der Waals surface area contributed by atoms with Crippen LogP contribution in [0.4, 0.5) is 5.69 Å². The van der Waals surface area contributed by atoms with E-state index in [1.54, 1.807) is 6.07 Å². The molecule has 0 radical (unpaired) electrons. The number of fused-ring (bicyclic) bond motifs is 1. The molecule has 5 nitrogen and oxygen atoms in total. The van der Waals surface area contributed by atoms with Gasteiger partial charge in [-0.05, 0) is 49.1 Å². The lowest BCUT2D eigenvalue weighted by Crippen LogP contribution is -2.30. The standard InChI is InChI=1S/C18H21N3O2S/c1-10-5-7-14(12(3)9-10)13(4)16-11(2)6-8-15-17(16)20-18(19)21-24(15,22)23/h5-9,13H,1-4H3,(H3,19,20,21)/t13-/m1/s1. The van der Waals surface area contributed by atoms with Crippen molar-refractivity contribution in [3.63, 3.8) is 0 Å². The van der Waals surface area contributed by atoms with Gasteiger partial charge in [-0.2, -0.15) is 8.42 Å². The second-order valence-electron chi connectivity index (χ2n) is 6.33. The Morgan fingerprint density at radius 3 is 2.46 bits per heavy atom. The van der Waals surface area contributed by atoms with Gasteiger partial charge in [0.05, 0.1) is 5.69 Å². The number of benzene rings is 2. The van der Waals surface area contributed by atoms with Crippen LogP contribution in [0.3, 0.4) is 0 Å². The van der Waals surface area contributed by atoms with Crippen molar-refractivity contribution in [3.05, 3.63) is 58.1 Å². The van der Waals surface area contributed by atoms with Crippen LogP contribution in [0.1, 0.15) is 40.7 Å². The molecule has 6 heteroatoms. The number of rotatable bonds is 2. The maximum Gasteiger partial charge on any atom is 0.287 e. The second-order valence-corrected chi connectivity index (χ2v) is 7.90. The highest BCUT2D eigenvalue weighted by Crippen LogP contribution is 2.39. The first-order valence-corrected chi connectivity index (χ1v) is 9.23. The van der Waals surface area contributed by atoms with Crippen molar-refractivity contribution in [2.75, 3.05) is 5.32 Å². The van der Waals surface area contributed by atoms with E-state index in [0.29, 0.717) is 5.69 Å². The summed E-state index contributed by atoms with van der Waals surface area (Å²) >= 11 is 0. The predicted molar refractivity (Wildman–Crippen MR) is 97.0 cm³/mol. The van der Waals surface area contributed by atoms with E-state index in [9.17, 15) is 8.42 Å². The van der Waals surface area contributed by atoms with E-state index in [0.717, 1.165) is 16.7 Å². The maximum atomic E-state index is 12.3. The fourth-order valence-electron chi connectivity index (χ4n) is 3.40. The molecule has 0 aliphatic carbocycles. The molecule has 1 heterocycles. The van der Waals surface area contributed by atoms with E-state index < -0.39 is 10.0 Å². The summed E-state index contributed by atoms with van der Waals surface area (Å²) in [5.74, 6) is -0.0728. The highest BCUT2D eigenvalue weighted by molar-refractivity contribution is 7.90. The zero-order valence-corrected chi connectivity index (χ0v) is 15.0. The summed E-state index contributed by atoms with van der Waals surface area (Å²) in [5.41, 5.74) is 11.7. The molecule has 0 unspecified atom stereocenters. The molecule has 1 aliphatic heterocycles. The lowest BCUT2D eigenvalue weighted by atomic mass is 9.86. The average Bonchev–Trinajstić information content (AvgIpc) is 2.45. The van der Waals surface area contributed by atoms with Gasteiger partial charge in [0, 0.05) is 5.92 Å². The lowest BCUT2D eigenvalue weighted by molar-refractivity contribution is 0.597. The molecule has 0 saturated heterocycles. The van der Waals surface area contributed by atoms with E-state index in [4.69, 9.17) is 5.73 Å². The minimum Gasteiger partial charge on any atom is -0.369 e. The molecule has 0 fully saturated rings. The molecule has 2 aromatic carbocycles. The molecule has 2 aromatic rings. The van der Waals surface area contributed by atoms with Gasteiger partial charge in [0.25, 0.3) is 10.0 Å². The number of sulfonamides is 1. The Kier molecular flexibility index (Phi) is 3.87. The third-order valence-electron chi connectivity index (χ3n) is 4.50. The topological polar surface area (TPSA) is 84.5 Å². The van der Waals surface area contributed by atoms with Crippen LogP contribution in [0.15, 0.2) is 39.6 Å². The summed E-state index contributed by atoms with van der Waals surface area (Å²) in [6, 6.07) is 9.72. The van der Waals surface area contributed by atoms with Crippen molar-refractivity contribution in [1.82, 2.24) is 0 Å². The van der Waals surface area contributed by atoms with E-state index in [2.05, 4.69) is 48.7 Å². The second kappa shape index (κ2) is 5.63. The summed E-state index contributed by atoms with van der Waals surface area (Å²) in [6.45, 7) is 8.19. The smallest absolute Gasteiger partial charge is 0.287 e. The van der Waals surface area contributed by atoms with Crippen molar-refractivity contribution in [1.29, 1.82) is 0 Å². The van der Waals surface area contributed by atoms with Gasteiger partial charge < -0.3 is 11.1 Å². The Bertz CT molecular complexity index is 962. The normalized spacial score (nSPS) is 16.8. The van der Waals surface area contributed by atoms with Crippen LogP contribution in [0.5, 0.6) is 0 Å². The van der Waals surface area contributed by atoms with Crippen LogP contribution in [-0.4, -0.2) is 14.4 Å². The number of guanidine groups is 1. The summed E-state index contributed by atoms with van der Waals surface area (Å²) in [7, 11) is -3.76. The van der Waals surface area contributed by atoms with Gasteiger partial charge in [-0.25, -0.2) is 0 Å². The van der Waals surface area contributed by atoms with Crippen molar-refractivity contribution < 1.29 is 8.42 Å². The quantitative estimate of drug-likeness (QED) is 0.877. The minimum absolute atomic E-state index is 0.0224. The van der Waals surface area contributed by atoms with Crippen molar-refractivity contribution >= 4 is 21.7 Å². The van der Waals surface area contributed by atoms with E-state index >= 15 is 0 Å². The molecule has 0 aromatic heterocycles. The van der Waals surface area contributed by atoms with Gasteiger partial charge in [0.2, 0.25) is 5.96 Å². The summed E-state index contributed by atoms with van der Waals surface area (Å²) in [6.07, 6.45) is 0. The highest BCUT2D eigenvalue weighted by Gasteiger charge is 2.29. The fourth-order valence-corrected chi connectivity index (χ4v) is 4.46. The zero-order chi connectivity index (χ0) is 17.6.